The number of allylic oxidation sites excluding steroid dienone is 2. The van der Waals surface area contributed by atoms with E-state index in [1.807, 2.05) is 36.4 Å². The second-order valence-corrected chi connectivity index (χ2v) is 3.51. The van der Waals surface area contributed by atoms with Crippen molar-refractivity contribution in [2.45, 2.75) is 0 Å². The molecule has 0 spiro atoms. The molecule has 1 aliphatic carbocycles. The maximum atomic E-state index is 8.25. The second kappa shape index (κ2) is 5.03. The Labute approximate surface area is 102 Å². The SMILES string of the molecule is O=[N+]([O-])[O-].[C+]1=c2cc3ccccc3nc2=CC=C1. The van der Waals surface area contributed by atoms with Crippen molar-refractivity contribution in [1.82, 2.24) is 4.98 Å². The number of para-hydroxylation sites is 1. The quantitative estimate of drug-likeness (QED) is 0.391. The summed E-state index contributed by atoms with van der Waals surface area (Å²) in [7, 11) is 0. The smallest absolute Gasteiger partial charge is 0.174 e. The summed E-state index contributed by atoms with van der Waals surface area (Å²) in [4.78, 5) is 12.8. The van der Waals surface area contributed by atoms with Gasteiger partial charge < -0.3 is 15.3 Å². The first-order chi connectivity index (χ1) is 8.66. The summed E-state index contributed by atoms with van der Waals surface area (Å²) in [6.45, 7) is 0. The zero-order chi connectivity index (χ0) is 13.0. The van der Waals surface area contributed by atoms with Gasteiger partial charge in [0, 0.05) is 29.7 Å². The van der Waals surface area contributed by atoms with Crippen molar-refractivity contribution in [2.24, 2.45) is 0 Å². The van der Waals surface area contributed by atoms with Crippen LogP contribution in [0.2, 0.25) is 0 Å². The molecule has 1 aromatic heterocycles. The molecule has 2 aromatic rings. The minimum atomic E-state index is -1.75. The predicted molar refractivity (Wildman–Crippen MR) is 68.4 cm³/mol. The molecule has 18 heavy (non-hydrogen) atoms. The van der Waals surface area contributed by atoms with Gasteiger partial charge in [-0.3, -0.25) is 0 Å². The van der Waals surface area contributed by atoms with Crippen LogP contribution in [0.5, 0.6) is 0 Å². The number of hydrogen-bond donors (Lipinski definition) is 0. The minimum Gasteiger partial charge on any atom is -0.356 e. The van der Waals surface area contributed by atoms with Gasteiger partial charge in [-0.2, -0.15) is 4.98 Å². The van der Waals surface area contributed by atoms with E-state index in [1.165, 1.54) is 5.39 Å². The van der Waals surface area contributed by atoms with Gasteiger partial charge in [0.15, 0.2) is 10.6 Å². The first-order valence-corrected chi connectivity index (χ1v) is 5.14. The van der Waals surface area contributed by atoms with Gasteiger partial charge in [-0.05, 0) is 12.1 Å². The molecule has 88 valence electrons. The molecule has 0 saturated carbocycles. The number of benzene rings is 1. The normalized spacial score (nSPS) is 11.1. The molecule has 0 radical (unpaired) electrons. The van der Waals surface area contributed by atoms with E-state index < -0.39 is 5.09 Å². The van der Waals surface area contributed by atoms with E-state index >= 15 is 0 Å². The van der Waals surface area contributed by atoms with E-state index in [0.29, 0.717) is 0 Å². The van der Waals surface area contributed by atoms with Crippen LogP contribution in [-0.4, -0.2) is 10.1 Å². The van der Waals surface area contributed by atoms with Crippen molar-refractivity contribution in [3.8, 4) is 0 Å². The van der Waals surface area contributed by atoms with Gasteiger partial charge >= 0.3 is 0 Å². The van der Waals surface area contributed by atoms with Crippen LogP contribution >= 0.6 is 0 Å². The van der Waals surface area contributed by atoms with Crippen LogP contribution in [0, 0.1) is 15.3 Å². The maximum Gasteiger partial charge on any atom is 0.174 e. The molecule has 0 unspecified atom stereocenters. The average molecular weight is 240 g/mol. The Bertz CT molecular complexity index is 675. The average Bonchev–Trinajstić information content (AvgIpc) is 2.35. The van der Waals surface area contributed by atoms with Gasteiger partial charge in [-0.1, -0.05) is 12.1 Å². The molecule has 0 atom stereocenters. The van der Waals surface area contributed by atoms with E-state index in [0.717, 1.165) is 16.1 Å². The predicted octanol–water partition coefficient (Wildman–Crippen LogP) is 1.00. The minimum absolute atomic E-state index is 1.01. The van der Waals surface area contributed by atoms with Crippen LogP contribution < -0.4 is 10.6 Å². The number of hydrogen-bond acceptors (Lipinski definition) is 4. The van der Waals surface area contributed by atoms with Crippen molar-refractivity contribution in [1.29, 1.82) is 0 Å². The highest BCUT2D eigenvalue weighted by atomic mass is 16.9. The molecule has 0 bridgehead atoms. The van der Waals surface area contributed by atoms with Crippen LogP contribution in [0.4, 0.5) is 0 Å². The van der Waals surface area contributed by atoms with Gasteiger partial charge in [0.1, 0.15) is 0 Å². The van der Waals surface area contributed by atoms with Crippen molar-refractivity contribution in [3.63, 3.8) is 0 Å². The fraction of sp³-hybridized carbons (Fsp3) is 0. The lowest BCUT2D eigenvalue weighted by Gasteiger charge is -1.92. The maximum absolute atomic E-state index is 8.25. The van der Waals surface area contributed by atoms with E-state index in [2.05, 4.69) is 23.2 Å². The van der Waals surface area contributed by atoms with Crippen LogP contribution in [0.1, 0.15) is 0 Å². The van der Waals surface area contributed by atoms with E-state index in [9.17, 15) is 0 Å². The van der Waals surface area contributed by atoms with E-state index in [4.69, 9.17) is 15.3 Å². The standard InChI is InChI=1S/C13H8N.NO3/c1-3-7-12-10(5-1)9-11-6-2-4-8-13(11)14-12;2-1(3)4/h1-5,7-9H;/q+1;-1. The molecule has 1 aliphatic rings. The Hall–Kier alpha value is -2.78. The summed E-state index contributed by atoms with van der Waals surface area (Å²) in [5, 5.41) is 18.0. The lowest BCUT2D eigenvalue weighted by atomic mass is 10.1. The molecule has 0 fully saturated rings. The third kappa shape index (κ3) is 2.66. The van der Waals surface area contributed by atoms with Crippen molar-refractivity contribution < 1.29 is 5.09 Å². The zero-order valence-corrected chi connectivity index (χ0v) is 9.24. The molecule has 0 amide bonds. The first kappa shape index (κ1) is 11.7. The van der Waals surface area contributed by atoms with Crippen LogP contribution in [0.15, 0.2) is 42.5 Å². The monoisotopic (exact) mass is 240 g/mol. The molecule has 0 saturated heterocycles. The van der Waals surface area contributed by atoms with Crippen molar-refractivity contribution in [3.05, 3.63) is 68.4 Å². The Morgan fingerprint density at radius 3 is 2.72 bits per heavy atom. The molecule has 5 nitrogen and oxygen atoms in total. The van der Waals surface area contributed by atoms with Crippen LogP contribution in [0.25, 0.3) is 23.1 Å². The molecule has 0 N–H and O–H groups in total. The van der Waals surface area contributed by atoms with Gasteiger partial charge in [0.25, 0.3) is 0 Å². The van der Waals surface area contributed by atoms with Crippen molar-refractivity contribution in [2.75, 3.05) is 0 Å². The third-order valence-corrected chi connectivity index (χ3v) is 2.34. The molecule has 1 heterocycles. The number of pyridine rings is 1. The topological polar surface area (TPSA) is 79.1 Å². The number of aromatic nitrogens is 1. The van der Waals surface area contributed by atoms with E-state index in [-0.39, 0.29) is 0 Å². The van der Waals surface area contributed by atoms with E-state index in [1.54, 1.807) is 0 Å². The summed E-state index contributed by atoms with van der Waals surface area (Å²) < 4.78 is 0. The summed E-state index contributed by atoms with van der Waals surface area (Å²) in [5.74, 6) is 0. The molecule has 1 aromatic carbocycles. The van der Waals surface area contributed by atoms with Crippen molar-refractivity contribution >= 4 is 23.1 Å². The number of rotatable bonds is 0. The Balaban J connectivity index is 0.000000267. The van der Waals surface area contributed by atoms with Gasteiger partial charge in [-0.15, -0.1) is 0 Å². The molecular weight excluding hydrogens is 232 g/mol. The lowest BCUT2D eigenvalue weighted by Crippen LogP contribution is -2.28. The van der Waals surface area contributed by atoms with Gasteiger partial charge in [0.05, 0.1) is 16.7 Å². The molecular formula is C13H8N2O3. The van der Waals surface area contributed by atoms with Crippen LogP contribution in [0.3, 0.4) is 0 Å². The third-order valence-electron chi connectivity index (χ3n) is 2.34. The number of fused-ring (bicyclic) bond motifs is 2. The highest BCUT2D eigenvalue weighted by Crippen LogP contribution is 2.05. The summed E-state index contributed by atoms with van der Waals surface area (Å²) in [6.07, 6.45) is 9.07. The second-order valence-electron chi connectivity index (χ2n) is 3.51. The number of nitrogens with zero attached hydrogens (tertiary/aromatic N) is 2. The molecule has 3 rings (SSSR count). The highest BCUT2D eigenvalue weighted by molar-refractivity contribution is 5.79. The Kier molecular flexibility index (Phi) is 3.27. The fourth-order valence-corrected chi connectivity index (χ4v) is 1.65. The Morgan fingerprint density at radius 2 is 1.94 bits per heavy atom. The van der Waals surface area contributed by atoms with Gasteiger partial charge in [0.2, 0.25) is 0 Å². The molecule has 5 heteroatoms. The largest absolute Gasteiger partial charge is 0.356 e. The van der Waals surface area contributed by atoms with Crippen LogP contribution in [-0.2, 0) is 0 Å². The van der Waals surface area contributed by atoms with Gasteiger partial charge in [-0.25, -0.2) is 0 Å². The summed E-state index contributed by atoms with van der Waals surface area (Å²) in [5.41, 5.74) is 1.04. The highest BCUT2D eigenvalue weighted by Gasteiger charge is 2.02. The molecule has 0 aliphatic heterocycles. The lowest BCUT2D eigenvalue weighted by molar-refractivity contribution is -0.402. The fourth-order valence-electron chi connectivity index (χ4n) is 1.65. The first-order valence-electron chi connectivity index (χ1n) is 5.14. The summed E-state index contributed by atoms with van der Waals surface area (Å²) >= 11 is 0. The summed E-state index contributed by atoms with van der Waals surface area (Å²) in [6, 6.07) is 10.3. The zero-order valence-electron chi connectivity index (χ0n) is 9.24. The Morgan fingerprint density at radius 1 is 1.22 bits per heavy atom.